The number of hydrogen-bond donors (Lipinski definition) is 1. The van der Waals surface area contributed by atoms with Gasteiger partial charge in [0.25, 0.3) is 0 Å². The summed E-state index contributed by atoms with van der Waals surface area (Å²) in [6.07, 6.45) is 1.69. The number of hydrogen-bond acceptors (Lipinski definition) is 2. The van der Waals surface area contributed by atoms with E-state index in [2.05, 4.69) is 27.6 Å². The molecule has 2 rings (SSSR count). The lowest BCUT2D eigenvalue weighted by molar-refractivity contribution is 0.270. The van der Waals surface area contributed by atoms with Gasteiger partial charge in [-0.05, 0) is 52.9 Å². The van der Waals surface area contributed by atoms with Crippen molar-refractivity contribution in [2.45, 2.75) is 30.7 Å². The molecule has 3 nitrogen and oxygen atoms in total. The Balaban J connectivity index is 2.17. The van der Waals surface area contributed by atoms with Gasteiger partial charge in [-0.1, -0.05) is 6.92 Å². The molecule has 0 amide bonds. The maximum absolute atomic E-state index is 13.3. The van der Waals surface area contributed by atoms with Crippen LogP contribution >= 0.6 is 15.9 Å². The first-order chi connectivity index (χ1) is 7.88. The van der Waals surface area contributed by atoms with Crippen LogP contribution < -0.4 is 4.72 Å². The lowest BCUT2D eigenvalue weighted by Gasteiger charge is -2.32. The van der Waals surface area contributed by atoms with Crippen LogP contribution in [0.5, 0.6) is 0 Å². The molecule has 17 heavy (non-hydrogen) atoms. The van der Waals surface area contributed by atoms with Crippen molar-refractivity contribution in [1.82, 2.24) is 4.72 Å². The van der Waals surface area contributed by atoms with Gasteiger partial charge in [-0.15, -0.1) is 0 Å². The van der Waals surface area contributed by atoms with E-state index in [1.54, 1.807) is 0 Å². The summed E-state index contributed by atoms with van der Waals surface area (Å²) in [5, 5.41) is 0. The van der Waals surface area contributed by atoms with E-state index in [4.69, 9.17) is 0 Å². The summed E-state index contributed by atoms with van der Waals surface area (Å²) in [5.41, 5.74) is 0. The van der Waals surface area contributed by atoms with Crippen molar-refractivity contribution in [2.75, 3.05) is 0 Å². The van der Waals surface area contributed by atoms with Crippen LogP contribution in [0.15, 0.2) is 27.6 Å². The average Bonchev–Trinajstić information content (AvgIpc) is 2.19. The number of benzene rings is 1. The van der Waals surface area contributed by atoms with Gasteiger partial charge in [-0.3, -0.25) is 0 Å². The monoisotopic (exact) mass is 321 g/mol. The molecule has 0 atom stereocenters. The highest BCUT2D eigenvalue weighted by atomic mass is 79.9. The van der Waals surface area contributed by atoms with Crippen LogP contribution in [0.25, 0.3) is 0 Å². The van der Waals surface area contributed by atoms with E-state index in [-0.39, 0.29) is 15.4 Å². The zero-order valence-electron chi connectivity index (χ0n) is 9.28. The molecule has 0 unspecified atom stereocenters. The first-order valence-corrected chi connectivity index (χ1v) is 7.63. The number of nitrogens with one attached hydrogen (secondary N) is 1. The van der Waals surface area contributed by atoms with E-state index >= 15 is 0 Å². The highest BCUT2D eigenvalue weighted by molar-refractivity contribution is 9.10. The van der Waals surface area contributed by atoms with Gasteiger partial charge < -0.3 is 0 Å². The smallest absolute Gasteiger partial charge is 0.208 e. The molecular weight excluding hydrogens is 309 g/mol. The van der Waals surface area contributed by atoms with E-state index in [9.17, 15) is 12.8 Å². The molecular formula is C11H13BrFNO2S. The minimum absolute atomic E-state index is 0.0123. The van der Waals surface area contributed by atoms with Crippen LogP contribution in [-0.4, -0.2) is 14.5 Å². The molecule has 0 heterocycles. The van der Waals surface area contributed by atoms with Gasteiger partial charge in [0.05, 0.1) is 9.37 Å². The first kappa shape index (κ1) is 13.0. The van der Waals surface area contributed by atoms with Crippen LogP contribution in [0, 0.1) is 11.7 Å². The fourth-order valence-electron chi connectivity index (χ4n) is 1.93. The van der Waals surface area contributed by atoms with Crippen molar-refractivity contribution in [2.24, 2.45) is 5.92 Å². The molecule has 1 fully saturated rings. The molecule has 0 bridgehead atoms. The molecule has 0 saturated heterocycles. The van der Waals surface area contributed by atoms with Gasteiger partial charge in [-0.25, -0.2) is 17.5 Å². The van der Waals surface area contributed by atoms with Crippen LogP contribution in [0.4, 0.5) is 4.39 Å². The Bertz CT molecular complexity index is 526. The minimum atomic E-state index is -3.59. The molecule has 1 aromatic rings. The zero-order chi connectivity index (χ0) is 12.6. The summed E-state index contributed by atoms with van der Waals surface area (Å²) in [6, 6.07) is 3.79. The number of halogens is 2. The first-order valence-electron chi connectivity index (χ1n) is 5.36. The van der Waals surface area contributed by atoms with Gasteiger partial charge in [-0.2, -0.15) is 0 Å². The van der Waals surface area contributed by atoms with E-state index in [1.165, 1.54) is 12.1 Å². The Morgan fingerprint density at radius 2 is 2.06 bits per heavy atom. The molecule has 94 valence electrons. The fourth-order valence-corrected chi connectivity index (χ4v) is 3.45. The third kappa shape index (κ3) is 2.86. The molecule has 0 spiro atoms. The van der Waals surface area contributed by atoms with Gasteiger partial charge >= 0.3 is 0 Å². The molecule has 1 saturated carbocycles. The third-order valence-electron chi connectivity index (χ3n) is 2.90. The summed E-state index contributed by atoms with van der Waals surface area (Å²) in [5.74, 6) is -0.0146. The molecule has 1 aliphatic carbocycles. The lowest BCUT2D eigenvalue weighted by Crippen LogP contribution is -2.43. The van der Waals surface area contributed by atoms with Gasteiger partial charge in [0.1, 0.15) is 5.82 Å². The number of sulfonamides is 1. The lowest BCUT2D eigenvalue weighted by atomic mass is 9.83. The maximum atomic E-state index is 13.3. The van der Waals surface area contributed by atoms with E-state index in [0.717, 1.165) is 18.9 Å². The Kier molecular flexibility index (Phi) is 3.56. The minimum Gasteiger partial charge on any atom is -0.208 e. The van der Waals surface area contributed by atoms with Crippen LogP contribution in [-0.2, 0) is 10.0 Å². The van der Waals surface area contributed by atoms with Crippen LogP contribution in [0.3, 0.4) is 0 Å². The summed E-state index contributed by atoms with van der Waals surface area (Å²) >= 11 is 2.99. The van der Waals surface area contributed by atoms with E-state index in [0.29, 0.717) is 5.92 Å². The van der Waals surface area contributed by atoms with Crippen molar-refractivity contribution >= 4 is 26.0 Å². The Morgan fingerprint density at radius 1 is 1.41 bits per heavy atom. The molecule has 0 aliphatic heterocycles. The predicted octanol–water partition coefficient (Wildman–Crippen LogP) is 2.67. The highest BCUT2D eigenvalue weighted by Crippen LogP contribution is 2.28. The second-order valence-corrected chi connectivity index (χ2v) is 7.04. The van der Waals surface area contributed by atoms with E-state index < -0.39 is 15.8 Å². The second kappa shape index (κ2) is 4.66. The van der Waals surface area contributed by atoms with Crippen molar-refractivity contribution in [3.8, 4) is 0 Å². The van der Waals surface area contributed by atoms with Crippen molar-refractivity contribution in [3.63, 3.8) is 0 Å². The van der Waals surface area contributed by atoms with Crippen LogP contribution in [0.2, 0.25) is 0 Å². The van der Waals surface area contributed by atoms with E-state index in [1.807, 2.05) is 0 Å². The Labute approximate surface area is 109 Å². The average molecular weight is 322 g/mol. The summed E-state index contributed by atoms with van der Waals surface area (Å²) < 4.78 is 39.9. The van der Waals surface area contributed by atoms with Gasteiger partial charge in [0.2, 0.25) is 10.0 Å². The molecule has 6 heteroatoms. The standard InChI is InChI=1S/C11H13BrFNO2S/c1-7-4-8(5-7)14-17(15,16)9-2-3-10(12)11(13)6-9/h2-3,6-8,14H,4-5H2,1H3. The van der Waals surface area contributed by atoms with Gasteiger partial charge in [0, 0.05) is 6.04 Å². The zero-order valence-corrected chi connectivity index (χ0v) is 11.7. The van der Waals surface area contributed by atoms with Gasteiger partial charge in [0.15, 0.2) is 0 Å². The SMILES string of the molecule is CC1CC(NS(=O)(=O)c2ccc(Br)c(F)c2)C1. The summed E-state index contributed by atoms with van der Waals surface area (Å²) in [6.45, 7) is 2.07. The number of rotatable bonds is 3. The van der Waals surface area contributed by atoms with Crippen molar-refractivity contribution < 1.29 is 12.8 Å². The largest absolute Gasteiger partial charge is 0.240 e. The normalized spacial score (nSPS) is 24.4. The Morgan fingerprint density at radius 3 is 2.59 bits per heavy atom. The topological polar surface area (TPSA) is 46.2 Å². The third-order valence-corrected chi connectivity index (χ3v) is 5.06. The molecule has 1 aromatic carbocycles. The molecule has 1 aliphatic rings. The quantitative estimate of drug-likeness (QED) is 0.930. The predicted molar refractivity (Wildman–Crippen MR) is 66.6 cm³/mol. The molecule has 0 radical (unpaired) electrons. The molecule has 1 N–H and O–H groups in total. The second-order valence-electron chi connectivity index (χ2n) is 4.47. The molecule has 0 aromatic heterocycles. The highest BCUT2D eigenvalue weighted by Gasteiger charge is 2.29. The van der Waals surface area contributed by atoms with Crippen molar-refractivity contribution in [1.29, 1.82) is 0 Å². The summed E-state index contributed by atoms with van der Waals surface area (Å²) in [4.78, 5) is -0.0299. The maximum Gasteiger partial charge on any atom is 0.240 e. The van der Waals surface area contributed by atoms with Crippen molar-refractivity contribution in [3.05, 3.63) is 28.5 Å². The van der Waals surface area contributed by atoms with Crippen LogP contribution in [0.1, 0.15) is 19.8 Å². The summed E-state index contributed by atoms with van der Waals surface area (Å²) in [7, 11) is -3.59. The fraction of sp³-hybridized carbons (Fsp3) is 0.455. The Hall–Kier alpha value is -0.460.